The fourth-order valence-corrected chi connectivity index (χ4v) is 2.50. The molecule has 0 bridgehead atoms. The summed E-state index contributed by atoms with van der Waals surface area (Å²) in [6.07, 6.45) is 0. The third kappa shape index (κ3) is 3.17. The lowest BCUT2D eigenvalue weighted by Crippen LogP contribution is -2.40. The Balaban J connectivity index is 3.21. The Morgan fingerprint density at radius 3 is 2.29 bits per heavy atom. The van der Waals surface area contributed by atoms with E-state index in [-0.39, 0.29) is 5.41 Å². The summed E-state index contributed by atoms with van der Waals surface area (Å²) >= 11 is 3.40. The molecule has 0 aliphatic carbocycles. The highest BCUT2D eigenvalue weighted by Gasteiger charge is 2.40. The van der Waals surface area contributed by atoms with Crippen LogP contribution >= 0.6 is 15.9 Å². The van der Waals surface area contributed by atoms with E-state index in [1.807, 2.05) is 18.2 Å². The molecule has 0 amide bonds. The molecule has 4 heteroatoms. The Labute approximate surface area is 116 Å². The van der Waals surface area contributed by atoms with Gasteiger partial charge in [-0.1, -0.05) is 33.8 Å². The maximum Gasteiger partial charge on any atom is 0.247 e. The molecule has 1 aromatic heterocycles. The van der Waals surface area contributed by atoms with E-state index < -0.39 is 5.60 Å². The molecule has 2 nitrogen and oxygen atoms in total. The highest BCUT2D eigenvalue weighted by Crippen LogP contribution is 2.42. The van der Waals surface area contributed by atoms with E-state index in [2.05, 4.69) is 66.0 Å². The molecule has 0 aliphatic rings. The van der Waals surface area contributed by atoms with E-state index in [1.54, 1.807) is 0 Å². The van der Waals surface area contributed by atoms with Crippen molar-refractivity contribution in [2.45, 2.75) is 40.2 Å². The average Bonchev–Trinajstić information content (AvgIpc) is 2.25. The first-order chi connectivity index (χ1) is 7.71. The minimum Gasteiger partial charge on any atom is -0.408 e. The smallest absolute Gasteiger partial charge is 0.247 e. The van der Waals surface area contributed by atoms with Crippen LogP contribution < -0.4 is 0 Å². The second kappa shape index (κ2) is 5.20. The third-order valence-electron chi connectivity index (χ3n) is 3.56. The Kier molecular flexibility index (Phi) is 4.55. The second-order valence-electron chi connectivity index (χ2n) is 5.64. The van der Waals surface area contributed by atoms with Crippen molar-refractivity contribution in [2.24, 2.45) is 11.3 Å². The quantitative estimate of drug-likeness (QED) is 0.625. The highest BCUT2D eigenvalue weighted by atomic mass is 79.9. The Hall–Kier alpha value is -0.193. The van der Waals surface area contributed by atoms with Crippen LogP contribution in [-0.2, 0) is 10.0 Å². The van der Waals surface area contributed by atoms with Gasteiger partial charge in [-0.15, -0.1) is 0 Å². The lowest BCUT2D eigenvalue weighted by molar-refractivity contribution is -0.0184. The third-order valence-corrected chi connectivity index (χ3v) is 4.43. The van der Waals surface area contributed by atoms with E-state index in [0.29, 0.717) is 5.92 Å². The van der Waals surface area contributed by atoms with Gasteiger partial charge >= 0.3 is 0 Å². The van der Waals surface area contributed by atoms with Crippen molar-refractivity contribution in [3.63, 3.8) is 0 Å². The average molecular weight is 313 g/mol. The molecule has 1 heterocycles. The lowest BCUT2D eigenvalue weighted by atomic mass is 9.71. The van der Waals surface area contributed by atoms with Gasteiger partial charge in [0.2, 0.25) is 10.5 Å². The molecular weight excluding hydrogens is 294 g/mol. The molecule has 17 heavy (non-hydrogen) atoms. The SMILES string of the molecule is CC(C(C)(C)C)C(C)(O[Si])c1cccc(Br)n1. The summed E-state index contributed by atoms with van der Waals surface area (Å²) in [5.74, 6) is 0.300. The molecule has 0 saturated heterocycles. The monoisotopic (exact) mass is 312 g/mol. The zero-order valence-electron chi connectivity index (χ0n) is 11.0. The molecule has 93 valence electrons. The second-order valence-corrected chi connectivity index (χ2v) is 6.66. The molecule has 0 saturated carbocycles. The van der Waals surface area contributed by atoms with Gasteiger partial charge in [0, 0.05) is 0 Å². The highest BCUT2D eigenvalue weighted by molar-refractivity contribution is 9.10. The van der Waals surface area contributed by atoms with Crippen molar-refractivity contribution in [3.8, 4) is 0 Å². The summed E-state index contributed by atoms with van der Waals surface area (Å²) in [5, 5.41) is 0. The summed E-state index contributed by atoms with van der Waals surface area (Å²) in [6.45, 7) is 10.9. The number of pyridine rings is 1. The zero-order chi connectivity index (χ0) is 13.3. The van der Waals surface area contributed by atoms with E-state index in [0.717, 1.165) is 10.3 Å². The fraction of sp³-hybridized carbons (Fsp3) is 0.615. The van der Waals surface area contributed by atoms with Gasteiger partial charge < -0.3 is 4.43 Å². The summed E-state index contributed by atoms with van der Waals surface area (Å²) in [7, 11) is 3.22. The molecule has 2 atom stereocenters. The van der Waals surface area contributed by atoms with Crippen molar-refractivity contribution in [1.82, 2.24) is 4.98 Å². The molecule has 3 radical (unpaired) electrons. The number of halogens is 1. The zero-order valence-corrected chi connectivity index (χ0v) is 13.6. The van der Waals surface area contributed by atoms with Crippen molar-refractivity contribution in [1.29, 1.82) is 0 Å². The van der Waals surface area contributed by atoms with Crippen molar-refractivity contribution < 1.29 is 4.43 Å². The van der Waals surface area contributed by atoms with Crippen LogP contribution in [0.1, 0.15) is 40.3 Å². The van der Waals surface area contributed by atoms with Gasteiger partial charge in [-0.05, 0) is 46.3 Å². The van der Waals surface area contributed by atoms with E-state index >= 15 is 0 Å². The van der Waals surface area contributed by atoms with Crippen LogP contribution in [0.15, 0.2) is 22.8 Å². The van der Waals surface area contributed by atoms with Crippen LogP contribution in [0.3, 0.4) is 0 Å². The summed E-state index contributed by atoms with van der Waals surface area (Å²) in [5.41, 5.74) is 0.592. The normalized spacial score (nSPS) is 17.6. The standard InChI is InChI=1S/C13H19BrNOSi/c1-9(12(2,3)4)13(5,16-17)10-7-6-8-11(14)15-10/h6-9H,1-5H3. The van der Waals surface area contributed by atoms with Crippen LogP contribution in [0.2, 0.25) is 0 Å². The molecule has 0 aromatic carbocycles. The number of rotatable bonds is 3. The molecule has 0 aliphatic heterocycles. The molecule has 0 N–H and O–H groups in total. The summed E-state index contributed by atoms with van der Waals surface area (Å²) in [4.78, 5) is 4.51. The van der Waals surface area contributed by atoms with Crippen LogP contribution in [0, 0.1) is 11.3 Å². The van der Waals surface area contributed by atoms with E-state index in [9.17, 15) is 0 Å². The maximum absolute atomic E-state index is 5.59. The Bertz CT molecular complexity index is 391. The molecule has 0 spiro atoms. The van der Waals surface area contributed by atoms with Gasteiger partial charge in [0.1, 0.15) is 4.60 Å². The molecule has 1 rings (SSSR count). The van der Waals surface area contributed by atoms with Crippen molar-refractivity contribution >= 4 is 26.4 Å². The first kappa shape index (κ1) is 14.9. The Morgan fingerprint density at radius 1 is 1.29 bits per heavy atom. The van der Waals surface area contributed by atoms with Crippen molar-refractivity contribution in [3.05, 3.63) is 28.5 Å². The van der Waals surface area contributed by atoms with Crippen LogP contribution in [0.4, 0.5) is 0 Å². The summed E-state index contributed by atoms with van der Waals surface area (Å²) in [6, 6.07) is 5.89. The number of hydrogen-bond acceptors (Lipinski definition) is 2. The number of nitrogens with zero attached hydrogens (tertiary/aromatic N) is 1. The van der Waals surface area contributed by atoms with Crippen LogP contribution in [-0.4, -0.2) is 15.5 Å². The molecule has 2 unspecified atom stereocenters. The van der Waals surface area contributed by atoms with Gasteiger partial charge in [-0.2, -0.15) is 0 Å². The van der Waals surface area contributed by atoms with Crippen LogP contribution in [0.5, 0.6) is 0 Å². The number of hydrogen-bond donors (Lipinski definition) is 0. The van der Waals surface area contributed by atoms with Gasteiger partial charge in [0.25, 0.3) is 0 Å². The lowest BCUT2D eigenvalue weighted by Gasteiger charge is -2.42. The van der Waals surface area contributed by atoms with Crippen LogP contribution in [0.25, 0.3) is 0 Å². The first-order valence-corrected chi connectivity index (χ1v) is 6.89. The van der Waals surface area contributed by atoms with Gasteiger partial charge in [-0.25, -0.2) is 4.98 Å². The Morgan fingerprint density at radius 2 is 1.88 bits per heavy atom. The van der Waals surface area contributed by atoms with Gasteiger partial charge in [-0.3, -0.25) is 0 Å². The first-order valence-electron chi connectivity index (χ1n) is 5.69. The molecule has 0 fully saturated rings. The van der Waals surface area contributed by atoms with E-state index in [1.165, 1.54) is 0 Å². The minimum atomic E-state index is -0.459. The van der Waals surface area contributed by atoms with Gasteiger partial charge in [0.15, 0.2) is 0 Å². The molecule has 1 aromatic rings. The maximum atomic E-state index is 5.59. The number of aromatic nitrogens is 1. The topological polar surface area (TPSA) is 22.1 Å². The summed E-state index contributed by atoms with van der Waals surface area (Å²) < 4.78 is 6.41. The predicted octanol–water partition coefficient (Wildman–Crippen LogP) is 3.84. The largest absolute Gasteiger partial charge is 0.408 e. The van der Waals surface area contributed by atoms with E-state index in [4.69, 9.17) is 4.43 Å². The fourth-order valence-electron chi connectivity index (χ4n) is 1.87. The van der Waals surface area contributed by atoms with Gasteiger partial charge in [0.05, 0.1) is 11.3 Å². The predicted molar refractivity (Wildman–Crippen MR) is 74.7 cm³/mol. The minimum absolute atomic E-state index is 0.130. The van der Waals surface area contributed by atoms with Crippen molar-refractivity contribution in [2.75, 3.05) is 0 Å². The molecular formula is C13H19BrNOSi.